The molecule has 0 amide bonds. The molecule has 0 radical (unpaired) electrons. The van der Waals surface area contributed by atoms with E-state index < -0.39 is 12.0 Å². The molecule has 3 N–H and O–H groups in total. The third-order valence-corrected chi connectivity index (χ3v) is 2.05. The van der Waals surface area contributed by atoms with Crippen molar-refractivity contribution in [2.75, 3.05) is 7.11 Å². The number of rotatable bonds is 4. The summed E-state index contributed by atoms with van der Waals surface area (Å²) in [5.41, 5.74) is 5.87. The van der Waals surface area contributed by atoms with Crippen LogP contribution >= 0.6 is 11.6 Å². The number of pyridine rings is 1. The highest BCUT2D eigenvalue weighted by atomic mass is 35.5. The zero-order chi connectivity index (χ0) is 11.4. The second kappa shape index (κ2) is 4.95. The zero-order valence-electron chi connectivity index (χ0n) is 8.11. The molecule has 1 rings (SSSR count). The van der Waals surface area contributed by atoms with Gasteiger partial charge in [-0.25, -0.2) is 0 Å². The highest BCUT2D eigenvalue weighted by Gasteiger charge is 2.16. The van der Waals surface area contributed by atoms with E-state index >= 15 is 0 Å². The SMILES string of the molecule is COc1cc(Cl)cnc1CC(N)C(=O)O. The minimum atomic E-state index is -1.08. The highest BCUT2D eigenvalue weighted by Crippen LogP contribution is 2.21. The minimum Gasteiger partial charge on any atom is -0.495 e. The predicted molar refractivity (Wildman–Crippen MR) is 55.1 cm³/mol. The molecule has 1 atom stereocenters. The second-order valence-corrected chi connectivity index (χ2v) is 3.39. The first-order valence-corrected chi connectivity index (χ1v) is 4.59. The number of methoxy groups -OCH3 is 1. The third kappa shape index (κ3) is 3.07. The van der Waals surface area contributed by atoms with Crippen molar-refractivity contribution in [3.63, 3.8) is 0 Å². The van der Waals surface area contributed by atoms with Crippen LogP contribution in [0.5, 0.6) is 5.75 Å². The lowest BCUT2D eigenvalue weighted by atomic mass is 10.1. The average molecular weight is 231 g/mol. The van der Waals surface area contributed by atoms with Crippen LogP contribution in [0.15, 0.2) is 12.3 Å². The Labute approximate surface area is 91.8 Å². The van der Waals surface area contributed by atoms with E-state index in [0.29, 0.717) is 16.5 Å². The normalized spacial score (nSPS) is 12.2. The summed E-state index contributed by atoms with van der Waals surface area (Å²) < 4.78 is 5.01. The van der Waals surface area contributed by atoms with Crippen LogP contribution in [0.4, 0.5) is 0 Å². The zero-order valence-corrected chi connectivity index (χ0v) is 8.86. The molecule has 0 aliphatic heterocycles. The molecule has 0 fully saturated rings. The fraction of sp³-hybridized carbons (Fsp3) is 0.333. The lowest BCUT2D eigenvalue weighted by Crippen LogP contribution is -2.32. The van der Waals surface area contributed by atoms with Crippen molar-refractivity contribution in [3.8, 4) is 5.75 Å². The summed E-state index contributed by atoms with van der Waals surface area (Å²) in [5, 5.41) is 9.07. The van der Waals surface area contributed by atoms with E-state index in [4.69, 9.17) is 27.2 Å². The molecule has 0 saturated heterocycles. The monoisotopic (exact) mass is 230 g/mol. The van der Waals surface area contributed by atoms with Gasteiger partial charge in [-0.15, -0.1) is 0 Å². The molecule has 6 heteroatoms. The molecule has 0 spiro atoms. The van der Waals surface area contributed by atoms with Crippen molar-refractivity contribution >= 4 is 17.6 Å². The van der Waals surface area contributed by atoms with Crippen LogP contribution < -0.4 is 10.5 Å². The Morgan fingerprint density at radius 1 is 1.80 bits per heavy atom. The van der Waals surface area contributed by atoms with Crippen molar-refractivity contribution in [1.82, 2.24) is 4.98 Å². The van der Waals surface area contributed by atoms with E-state index in [9.17, 15) is 4.79 Å². The van der Waals surface area contributed by atoms with Gasteiger partial charge < -0.3 is 15.6 Å². The third-order valence-electron chi connectivity index (χ3n) is 1.85. The van der Waals surface area contributed by atoms with Crippen LogP contribution in [-0.4, -0.2) is 29.2 Å². The number of ether oxygens (including phenoxy) is 1. The van der Waals surface area contributed by atoms with Crippen LogP contribution in [0.2, 0.25) is 5.02 Å². The van der Waals surface area contributed by atoms with E-state index in [1.54, 1.807) is 6.07 Å². The molecule has 1 heterocycles. The summed E-state index contributed by atoms with van der Waals surface area (Å²) in [6.45, 7) is 0. The first kappa shape index (κ1) is 11.7. The average Bonchev–Trinajstić information content (AvgIpc) is 2.20. The van der Waals surface area contributed by atoms with Crippen LogP contribution in [0, 0.1) is 0 Å². The van der Waals surface area contributed by atoms with Crippen molar-refractivity contribution in [1.29, 1.82) is 0 Å². The number of carboxylic acid groups (broad SMARTS) is 1. The summed E-state index contributed by atoms with van der Waals surface area (Å²) in [5.74, 6) is -0.631. The largest absolute Gasteiger partial charge is 0.495 e. The standard InChI is InChI=1S/C9H11ClN2O3/c1-15-8-2-5(10)4-12-7(8)3-6(11)9(13)14/h2,4,6H,3,11H2,1H3,(H,13,14). The van der Waals surface area contributed by atoms with E-state index in [1.165, 1.54) is 13.3 Å². The fourth-order valence-corrected chi connectivity index (χ4v) is 1.22. The van der Waals surface area contributed by atoms with Crippen LogP contribution in [0.1, 0.15) is 5.69 Å². The van der Waals surface area contributed by atoms with Crippen LogP contribution in [0.25, 0.3) is 0 Å². The van der Waals surface area contributed by atoms with E-state index in [-0.39, 0.29) is 6.42 Å². The molecule has 1 aromatic rings. The number of hydrogen-bond acceptors (Lipinski definition) is 4. The van der Waals surface area contributed by atoms with Gasteiger partial charge in [0.05, 0.1) is 17.8 Å². The van der Waals surface area contributed by atoms with E-state index in [2.05, 4.69) is 4.98 Å². The van der Waals surface area contributed by atoms with Gasteiger partial charge in [-0.05, 0) is 0 Å². The van der Waals surface area contributed by atoms with Gasteiger partial charge >= 0.3 is 5.97 Å². The van der Waals surface area contributed by atoms with Gasteiger partial charge in [-0.2, -0.15) is 0 Å². The fourth-order valence-electron chi connectivity index (χ4n) is 1.07. The van der Waals surface area contributed by atoms with Crippen LogP contribution in [0.3, 0.4) is 0 Å². The number of nitrogens with zero attached hydrogens (tertiary/aromatic N) is 1. The maximum atomic E-state index is 10.6. The molecule has 0 bridgehead atoms. The van der Waals surface area contributed by atoms with Gasteiger partial charge in [0.25, 0.3) is 0 Å². The number of halogens is 1. The number of hydrogen-bond donors (Lipinski definition) is 2. The van der Waals surface area contributed by atoms with Crippen molar-refractivity contribution in [2.45, 2.75) is 12.5 Å². The number of carbonyl (C=O) groups is 1. The maximum Gasteiger partial charge on any atom is 0.320 e. The summed E-state index contributed by atoms with van der Waals surface area (Å²) in [6.07, 6.45) is 1.53. The van der Waals surface area contributed by atoms with E-state index in [1.807, 2.05) is 0 Å². The van der Waals surface area contributed by atoms with Gasteiger partial charge in [-0.1, -0.05) is 11.6 Å². The highest BCUT2D eigenvalue weighted by molar-refractivity contribution is 6.30. The Morgan fingerprint density at radius 2 is 2.47 bits per heavy atom. The Hall–Kier alpha value is -1.33. The second-order valence-electron chi connectivity index (χ2n) is 2.95. The predicted octanol–water partition coefficient (Wildman–Crippen LogP) is 0.698. The van der Waals surface area contributed by atoms with Gasteiger partial charge in [0.15, 0.2) is 0 Å². The van der Waals surface area contributed by atoms with E-state index in [0.717, 1.165) is 0 Å². The molecule has 15 heavy (non-hydrogen) atoms. The summed E-state index contributed by atoms with van der Waals surface area (Å²) >= 11 is 5.70. The quantitative estimate of drug-likeness (QED) is 0.795. The number of nitrogens with two attached hydrogens (primary N) is 1. The van der Waals surface area contributed by atoms with Gasteiger partial charge in [0.1, 0.15) is 11.8 Å². The van der Waals surface area contributed by atoms with Gasteiger partial charge in [0.2, 0.25) is 0 Å². The van der Waals surface area contributed by atoms with Gasteiger partial charge in [0, 0.05) is 18.7 Å². The lowest BCUT2D eigenvalue weighted by Gasteiger charge is -2.09. The molecule has 0 aliphatic carbocycles. The molecule has 1 aromatic heterocycles. The Balaban J connectivity index is 2.89. The molecule has 0 saturated carbocycles. The van der Waals surface area contributed by atoms with Crippen LogP contribution in [-0.2, 0) is 11.2 Å². The molecular weight excluding hydrogens is 220 g/mol. The number of aromatic nitrogens is 1. The Morgan fingerprint density at radius 3 is 3.00 bits per heavy atom. The minimum absolute atomic E-state index is 0.107. The summed E-state index contributed by atoms with van der Waals surface area (Å²) in [7, 11) is 1.46. The first-order valence-electron chi connectivity index (χ1n) is 4.21. The Bertz CT molecular complexity index is 370. The molecular formula is C9H11ClN2O3. The Kier molecular flexibility index (Phi) is 3.88. The van der Waals surface area contributed by atoms with Gasteiger partial charge in [-0.3, -0.25) is 9.78 Å². The van der Waals surface area contributed by atoms with Crippen molar-refractivity contribution in [2.24, 2.45) is 5.73 Å². The summed E-state index contributed by atoms with van der Waals surface area (Å²) in [4.78, 5) is 14.5. The topological polar surface area (TPSA) is 85.4 Å². The van der Waals surface area contributed by atoms with Crippen molar-refractivity contribution in [3.05, 3.63) is 23.0 Å². The number of carboxylic acids is 1. The lowest BCUT2D eigenvalue weighted by molar-refractivity contribution is -0.138. The summed E-state index contributed by atoms with van der Waals surface area (Å²) in [6, 6.07) is 0.575. The molecule has 5 nitrogen and oxygen atoms in total. The maximum absolute atomic E-state index is 10.6. The first-order chi connectivity index (χ1) is 7.04. The molecule has 82 valence electrons. The number of aliphatic carboxylic acids is 1. The molecule has 0 aliphatic rings. The molecule has 1 unspecified atom stereocenters. The smallest absolute Gasteiger partial charge is 0.320 e. The van der Waals surface area contributed by atoms with Crippen molar-refractivity contribution < 1.29 is 14.6 Å². The molecule has 0 aromatic carbocycles.